The van der Waals surface area contributed by atoms with E-state index in [-0.39, 0.29) is 6.61 Å². The summed E-state index contributed by atoms with van der Waals surface area (Å²) in [4.78, 5) is 2.37. The summed E-state index contributed by atoms with van der Waals surface area (Å²) in [5.74, 6) is 0.441. The quantitative estimate of drug-likeness (QED) is 0.901. The van der Waals surface area contributed by atoms with Crippen molar-refractivity contribution in [1.82, 2.24) is 4.90 Å². The van der Waals surface area contributed by atoms with E-state index < -0.39 is 11.7 Å². The van der Waals surface area contributed by atoms with Gasteiger partial charge in [-0.05, 0) is 68.9 Å². The normalized spacial score (nSPS) is 18.1. The Balaban J connectivity index is 1.72. The number of nitrogens with zero attached hydrogens (tertiary/aromatic N) is 1. The van der Waals surface area contributed by atoms with E-state index in [1.54, 1.807) is 12.1 Å². The van der Waals surface area contributed by atoms with Crippen LogP contribution >= 0.6 is 0 Å². The van der Waals surface area contributed by atoms with Gasteiger partial charge in [0.05, 0.1) is 5.56 Å². The van der Waals surface area contributed by atoms with Crippen LogP contribution in [0, 0.1) is 5.92 Å². The number of halogens is 3. The van der Waals surface area contributed by atoms with Gasteiger partial charge in [0.1, 0.15) is 0 Å². The Morgan fingerprint density at radius 1 is 1.10 bits per heavy atom. The second kappa shape index (κ2) is 7.27. The standard InChI is InChI=1S/C16H22F3NO/c17-16(18,19)15-5-3-13(4-6-15)2-1-9-20-10-7-14(12-21)8-11-20/h3-6,14,21H,1-2,7-12H2. The van der Waals surface area contributed by atoms with Crippen LogP contribution in [0.5, 0.6) is 0 Å². The van der Waals surface area contributed by atoms with Gasteiger partial charge in [-0.2, -0.15) is 13.2 Å². The third kappa shape index (κ3) is 5.00. The molecule has 1 aromatic carbocycles. The van der Waals surface area contributed by atoms with E-state index in [1.165, 1.54) is 0 Å². The molecule has 0 aromatic heterocycles. The molecule has 0 bridgehead atoms. The van der Waals surface area contributed by atoms with Gasteiger partial charge in [-0.1, -0.05) is 12.1 Å². The number of rotatable bonds is 5. The molecule has 1 fully saturated rings. The number of hydrogen-bond donors (Lipinski definition) is 1. The Morgan fingerprint density at radius 2 is 1.71 bits per heavy atom. The Morgan fingerprint density at radius 3 is 2.24 bits per heavy atom. The van der Waals surface area contributed by atoms with Crippen molar-refractivity contribution < 1.29 is 18.3 Å². The molecule has 1 N–H and O–H groups in total. The van der Waals surface area contributed by atoms with Gasteiger partial charge in [0.2, 0.25) is 0 Å². The monoisotopic (exact) mass is 301 g/mol. The summed E-state index contributed by atoms with van der Waals surface area (Å²) in [6.07, 6.45) is -0.420. The third-order valence-corrected chi connectivity index (χ3v) is 4.19. The van der Waals surface area contributed by atoms with Crippen molar-refractivity contribution in [3.63, 3.8) is 0 Å². The molecule has 0 spiro atoms. The number of piperidine rings is 1. The summed E-state index contributed by atoms with van der Waals surface area (Å²) in [5, 5.41) is 9.08. The van der Waals surface area contributed by atoms with Crippen LogP contribution in [0.4, 0.5) is 13.2 Å². The van der Waals surface area contributed by atoms with Gasteiger partial charge in [-0.15, -0.1) is 0 Å². The summed E-state index contributed by atoms with van der Waals surface area (Å²) in [6, 6.07) is 5.45. The van der Waals surface area contributed by atoms with Gasteiger partial charge >= 0.3 is 6.18 Å². The van der Waals surface area contributed by atoms with Crippen LogP contribution in [0.1, 0.15) is 30.4 Å². The fraction of sp³-hybridized carbons (Fsp3) is 0.625. The molecule has 5 heteroatoms. The van der Waals surface area contributed by atoms with Crippen molar-refractivity contribution in [3.8, 4) is 0 Å². The number of hydrogen-bond acceptors (Lipinski definition) is 2. The molecule has 2 nitrogen and oxygen atoms in total. The number of likely N-dealkylation sites (tertiary alicyclic amines) is 1. The summed E-state index contributed by atoms with van der Waals surface area (Å²) < 4.78 is 37.4. The van der Waals surface area contributed by atoms with Crippen molar-refractivity contribution in [1.29, 1.82) is 0 Å². The number of alkyl halides is 3. The largest absolute Gasteiger partial charge is 0.416 e. The maximum atomic E-state index is 12.5. The molecule has 1 aliphatic rings. The van der Waals surface area contributed by atoms with Gasteiger partial charge < -0.3 is 10.0 Å². The van der Waals surface area contributed by atoms with Gasteiger partial charge in [0.25, 0.3) is 0 Å². The van der Waals surface area contributed by atoms with Crippen LogP contribution in [-0.2, 0) is 12.6 Å². The molecule has 21 heavy (non-hydrogen) atoms. The molecule has 0 amide bonds. The predicted octanol–water partition coefficient (Wildman–Crippen LogP) is 3.34. The molecule has 1 saturated heterocycles. The first kappa shape index (κ1) is 16.3. The van der Waals surface area contributed by atoms with Crippen LogP contribution in [0.2, 0.25) is 0 Å². The molecule has 0 atom stereocenters. The zero-order chi connectivity index (χ0) is 15.3. The van der Waals surface area contributed by atoms with E-state index in [9.17, 15) is 13.2 Å². The first-order chi connectivity index (χ1) is 9.99. The lowest BCUT2D eigenvalue weighted by Crippen LogP contribution is -2.35. The molecule has 2 rings (SSSR count). The minimum Gasteiger partial charge on any atom is -0.396 e. The minimum atomic E-state index is -4.25. The number of aliphatic hydroxyl groups is 1. The lowest BCUT2D eigenvalue weighted by molar-refractivity contribution is -0.137. The number of benzene rings is 1. The highest BCUT2D eigenvalue weighted by atomic mass is 19.4. The van der Waals surface area contributed by atoms with Crippen molar-refractivity contribution in [2.24, 2.45) is 5.92 Å². The lowest BCUT2D eigenvalue weighted by Gasteiger charge is -2.30. The van der Waals surface area contributed by atoms with E-state index in [4.69, 9.17) is 5.11 Å². The second-order valence-corrected chi connectivity index (χ2v) is 5.77. The fourth-order valence-corrected chi connectivity index (χ4v) is 2.76. The predicted molar refractivity (Wildman–Crippen MR) is 76.0 cm³/mol. The van der Waals surface area contributed by atoms with Crippen molar-refractivity contribution in [3.05, 3.63) is 35.4 Å². The average molecular weight is 301 g/mol. The van der Waals surface area contributed by atoms with Crippen molar-refractivity contribution in [2.75, 3.05) is 26.2 Å². The van der Waals surface area contributed by atoms with Crippen LogP contribution in [-0.4, -0.2) is 36.2 Å². The van der Waals surface area contributed by atoms with Crippen molar-refractivity contribution in [2.45, 2.75) is 31.9 Å². The highest BCUT2D eigenvalue weighted by molar-refractivity contribution is 5.24. The number of aliphatic hydroxyl groups excluding tert-OH is 1. The van der Waals surface area contributed by atoms with E-state index in [0.29, 0.717) is 5.92 Å². The second-order valence-electron chi connectivity index (χ2n) is 5.77. The maximum absolute atomic E-state index is 12.5. The summed E-state index contributed by atoms with van der Waals surface area (Å²) >= 11 is 0. The molecule has 118 valence electrons. The Labute approximate surface area is 123 Å². The minimum absolute atomic E-state index is 0.277. The Hall–Kier alpha value is -1.07. The molecular formula is C16H22F3NO. The highest BCUT2D eigenvalue weighted by Gasteiger charge is 2.29. The van der Waals surface area contributed by atoms with E-state index in [1.807, 2.05) is 0 Å². The van der Waals surface area contributed by atoms with Gasteiger partial charge in [-0.3, -0.25) is 0 Å². The fourth-order valence-electron chi connectivity index (χ4n) is 2.76. The molecule has 1 aromatic rings. The van der Waals surface area contributed by atoms with E-state index >= 15 is 0 Å². The summed E-state index contributed by atoms with van der Waals surface area (Å²) in [5.41, 5.74) is 0.366. The number of aryl methyl sites for hydroxylation is 1. The van der Waals surface area contributed by atoms with Crippen LogP contribution < -0.4 is 0 Å². The lowest BCUT2D eigenvalue weighted by atomic mass is 9.97. The summed E-state index contributed by atoms with van der Waals surface area (Å²) in [7, 11) is 0. The maximum Gasteiger partial charge on any atom is 0.416 e. The molecule has 1 aliphatic heterocycles. The van der Waals surface area contributed by atoms with E-state index in [0.717, 1.165) is 63.0 Å². The van der Waals surface area contributed by atoms with Crippen LogP contribution in [0.25, 0.3) is 0 Å². The SMILES string of the molecule is OCC1CCN(CCCc2ccc(C(F)(F)F)cc2)CC1. The molecule has 0 radical (unpaired) electrons. The Kier molecular flexibility index (Phi) is 5.65. The van der Waals surface area contributed by atoms with Crippen LogP contribution in [0.15, 0.2) is 24.3 Å². The zero-order valence-corrected chi connectivity index (χ0v) is 12.1. The van der Waals surface area contributed by atoms with Crippen LogP contribution in [0.3, 0.4) is 0 Å². The van der Waals surface area contributed by atoms with Crippen molar-refractivity contribution >= 4 is 0 Å². The summed E-state index contributed by atoms with van der Waals surface area (Å²) in [6.45, 7) is 3.27. The molecule has 0 saturated carbocycles. The van der Waals surface area contributed by atoms with E-state index in [2.05, 4.69) is 4.90 Å². The topological polar surface area (TPSA) is 23.5 Å². The third-order valence-electron chi connectivity index (χ3n) is 4.19. The highest BCUT2D eigenvalue weighted by Crippen LogP contribution is 2.29. The molecular weight excluding hydrogens is 279 g/mol. The van der Waals surface area contributed by atoms with Gasteiger partial charge in [0, 0.05) is 6.61 Å². The van der Waals surface area contributed by atoms with Gasteiger partial charge in [-0.25, -0.2) is 0 Å². The molecule has 0 unspecified atom stereocenters. The Bertz CT molecular complexity index is 422. The smallest absolute Gasteiger partial charge is 0.396 e. The zero-order valence-electron chi connectivity index (χ0n) is 12.1. The first-order valence-corrected chi connectivity index (χ1v) is 7.48. The average Bonchev–Trinajstić information content (AvgIpc) is 2.47. The molecule has 1 heterocycles. The van der Waals surface area contributed by atoms with Gasteiger partial charge in [0.15, 0.2) is 0 Å². The molecule has 0 aliphatic carbocycles. The first-order valence-electron chi connectivity index (χ1n) is 7.48.